The van der Waals surface area contributed by atoms with Crippen molar-refractivity contribution in [1.29, 1.82) is 0 Å². The van der Waals surface area contributed by atoms with E-state index in [0.29, 0.717) is 21.6 Å². The van der Waals surface area contributed by atoms with E-state index in [1.807, 2.05) is 32.0 Å². The highest BCUT2D eigenvalue weighted by Gasteiger charge is 2.19. The third-order valence-electron chi connectivity index (χ3n) is 4.37. The quantitative estimate of drug-likeness (QED) is 0.663. The minimum Gasteiger partial charge on any atom is -0.449 e. The Morgan fingerprint density at radius 2 is 1.75 bits per heavy atom. The van der Waals surface area contributed by atoms with Crippen LogP contribution in [0.3, 0.4) is 0 Å². The minimum atomic E-state index is -0.948. The standard InChI is InChI=1S/C21H20ClN3O3/c1-12-13(2)25-19-10-15(8-9-18(19)24-12)21(27)28-14(3)20(26)23-11-16-6-4-5-7-17(16)22/h4-10,14H,11H2,1-3H3,(H,23,26)/t14-/m0/s1. The summed E-state index contributed by atoms with van der Waals surface area (Å²) in [6, 6.07) is 12.2. The van der Waals surface area contributed by atoms with Gasteiger partial charge in [-0.15, -0.1) is 0 Å². The van der Waals surface area contributed by atoms with Crippen LogP contribution in [0.15, 0.2) is 42.5 Å². The van der Waals surface area contributed by atoms with E-state index in [2.05, 4.69) is 15.3 Å². The van der Waals surface area contributed by atoms with Crippen LogP contribution < -0.4 is 5.32 Å². The molecule has 0 saturated heterocycles. The van der Waals surface area contributed by atoms with Crippen LogP contribution in [-0.4, -0.2) is 27.9 Å². The molecular weight excluding hydrogens is 378 g/mol. The van der Waals surface area contributed by atoms with Gasteiger partial charge in [-0.3, -0.25) is 4.79 Å². The van der Waals surface area contributed by atoms with Gasteiger partial charge in [-0.2, -0.15) is 0 Å². The van der Waals surface area contributed by atoms with Crippen molar-refractivity contribution in [1.82, 2.24) is 15.3 Å². The molecule has 7 heteroatoms. The van der Waals surface area contributed by atoms with Crippen LogP contribution in [0, 0.1) is 13.8 Å². The number of aromatic nitrogens is 2. The SMILES string of the molecule is Cc1nc2ccc(C(=O)O[C@@H](C)C(=O)NCc3ccccc3Cl)cc2nc1C. The Morgan fingerprint density at radius 1 is 1.07 bits per heavy atom. The first-order valence-corrected chi connectivity index (χ1v) is 9.20. The molecule has 0 fully saturated rings. The zero-order chi connectivity index (χ0) is 20.3. The van der Waals surface area contributed by atoms with E-state index in [9.17, 15) is 9.59 Å². The number of carbonyl (C=O) groups is 2. The molecule has 1 atom stereocenters. The van der Waals surface area contributed by atoms with E-state index >= 15 is 0 Å². The van der Waals surface area contributed by atoms with Crippen molar-refractivity contribution in [3.8, 4) is 0 Å². The van der Waals surface area contributed by atoms with Crippen LogP contribution in [0.25, 0.3) is 11.0 Å². The highest BCUT2D eigenvalue weighted by atomic mass is 35.5. The molecule has 28 heavy (non-hydrogen) atoms. The van der Waals surface area contributed by atoms with Gasteiger partial charge in [-0.1, -0.05) is 29.8 Å². The molecule has 6 nitrogen and oxygen atoms in total. The van der Waals surface area contributed by atoms with Gasteiger partial charge in [0.2, 0.25) is 0 Å². The number of fused-ring (bicyclic) bond motifs is 1. The molecule has 1 amide bonds. The third-order valence-corrected chi connectivity index (χ3v) is 4.74. The van der Waals surface area contributed by atoms with Crippen LogP contribution in [0.4, 0.5) is 0 Å². The van der Waals surface area contributed by atoms with E-state index < -0.39 is 18.0 Å². The predicted molar refractivity (Wildman–Crippen MR) is 107 cm³/mol. The van der Waals surface area contributed by atoms with Crippen LogP contribution in [0.1, 0.15) is 34.2 Å². The van der Waals surface area contributed by atoms with Crippen LogP contribution >= 0.6 is 11.6 Å². The smallest absolute Gasteiger partial charge is 0.338 e. The van der Waals surface area contributed by atoms with Crippen molar-refractivity contribution in [3.05, 3.63) is 70.0 Å². The summed E-state index contributed by atoms with van der Waals surface area (Å²) in [5.74, 6) is -0.998. The van der Waals surface area contributed by atoms with Crippen molar-refractivity contribution in [3.63, 3.8) is 0 Å². The van der Waals surface area contributed by atoms with E-state index in [1.165, 1.54) is 6.92 Å². The van der Waals surface area contributed by atoms with Gasteiger partial charge in [0.25, 0.3) is 5.91 Å². The fraction of sp³-hybridized carbons (Fsp3) is 0.238. The first-order valence-electron chi connectivity index (χ1n) is 8.82. The van der Waals surface area contributed by atoms with Crippen LogP contribution in [0.2, 0.25) is 5.02 Å². The molecule has 0 saturated carbocycles. The van der Waals surface area contributed by atoms with Gasteiger partial charge in [-0.25, -0.2) is 14.8 Å². The van der Waals surface area contributed by atoms with Crippen molar-refractivity contribution in [2.75, 3.05) is 0 Å². The van der Waals surface area contributed by atoms with Gasteiger partial charge >= 0.3 is 5.97 Å². The number of carbonyl (C=O) groups excluding carboxylic acids is 2. The summed E-state index contributed by atoms with van der Waals surface area (Å²) >= 11 is 6.07. The summed E-state index contributed by atoms with van der Waals surface area (Å²) in [6.07, 6.45) is -0.948. The maximum absolute atomic E-state index is 12.4. The first-order chi connectivity index (χ1) is 13.3. The monoisotopic (exact) mass is 397 g/mol. The molecular formula is C21H20ClN3O3. The lowest BCUT2D eigenvalue weighted by atomic mass is 10.2. The lowest BCUT2D eigenvalue weighted by molar-refractivity contribution is -0.129. The Balaban J connectivity index is 1.64. The Bertz CT molecular complexity index is 1050. The van der Waals surface area contributed by atoms with Gasteiger partial charge in [0.1, 0.15) is 0 Å². The Kier molecular flexibility index (Phi) is 5.90. The number of ether oxygens (including phenoxy) is 1. The molecule has 0 unspecified atom stereocenters. The molecule has 1 N–H and O–H groups in total. The fourth-order valence-corrected chi connectivity index (χ4v) is 2.81. The summed E-state index contributed by atoms with van der Waals surface area (Å²) in [5.41, 5.74) is 4.04. The Hall–Kier alpha value is -2.99. The van der Waals surface area contributed by atoms with Crippen molar-refractivity contribution < 1.29 is 14.3 Å². The number of esters is 1. The highest BCUT2D eigenvalue weighted by Crippen LogP contribution is 2.16. The molecule has 0 bridgehead atoms. The van der Waals surface area contributed by atoms with Crippen LogP contribution in [0.5, 0.6) is 0 Å². The molecule has 0 radical (unpaired) electrons. The zero-order valence-electron chi connectivity index (χ0n) is 15.8. The summed E-state index contributed by atoms with van der Waals surface area (Å²) in [7, 11) is 0. The average Bonchev–Trinajstić information content (AvgIpc) is 2.67. The van der Waals surface area contributed by atoms with E-state index in [0.717, 1.165) is 17.0 Å². The normalized spacial score (nSPS) is 11.9. The summed E-state index contributed by atoms with van der Waals surface area (Å²) in [4.78, 5) is 33.5. The topological polar surface area (TPSA) is 81.2 Å². The number of benzene rings is 2. The number of aryl methyl sites for hydroxylation is 2. The van der Waals surface area contributed by atoms with Gasteiger partial charge in [0.15, 0.2) is 6.10 Å². The first kappa shape index (κ1) is 19.8. The average molecular weight is 398 g/mol. The molecule has 0 aliphatic heterocycles. The summed E-state index contributed by atoms with van der Waals surface area (Å²) < 4.78 is 5.29. The molecule has 0 aliphatic rings. The van der Waals surface area contributed by atoms with E-state index in [-0.39, 0.29) is 6.54 Å². The third kappa shape index (κ3) is 4.46. The highest BCUT2D eigenvalue weighted by molar-refractivity contribution is 6.31. The molecule has 1 heterocycles. The zero-order valence-corrected chi connectivity index (χ0v) is 16.6. The number of amides is 1. The van der Waals surface area contributed by atoms with Crippen molar-refractivity contribution in [2.45, 2.75) is 33.4 Å². The van der Waals surface area contributed by atoms with Crippen molar-refractivity contribution >= 4 is 34.5 Å². The van der Waals surface area contributed by atoms with E-state index in [1.54, 1.807) is 24.3 Å². The van der Waals surface area contributed by atoms with Gasteiger partial charge in [0, 0.05) is 11.6 Å². The molecule has 3 aromatic rings. The lowest BCUT2D eigenvalue weighted by Crippen LogP contribution is -2.35. The number of nitrogens with one attached hydrogen (secondary N) is 1. The number of nitrogens with zero attached hydrogens (tertiary/aromatic N) is 2. The number of hydrogen-bond acceptors (Lipinski definition) is 5. The maximum atomic E-state index is 12.4. The number of halogens is 1. The summed E-state index contributed by atoms with van der Waals surface area (Å²) in [6.45, 7) is 5.52. The van der Waals surface area contributed by atoms with Gasteiger partial charge < -0.3 is 10.1 Å². The Labute approximate surface area is 167 Å². The van der Waals surface area contributed by atoms with Gasteiger partial charge in [-0.05, 0) is 50.6 Å². The number of rotatable bonds is 5. The molecule has 2 aromatic carbocycles. The predicted octanol–water partition coefficient (Wildman–Crippen LogP) is 3.76. The molecule has 144 valence electrons. The minimum absolute atomic E-state index is 0.255. The second-order valence-electron chi connectivity index (χ2n) is 6.45. The second-order valence-corrected chi connectivity index (χ2v) is 6.86. The molecule has 3 rings (SSSR count). The maximum Gasteiger partial charge on any atom is 0.338 e. The number of hydrogen-bond donors (Lipinski definition) is 1. The van der Waals surface area contributed by atoms with Gasteiger partial charge in [0.05, 0.1) is 28.0 Å². The Morgan fingerprint density at radius 3 is 2.46 bits per heavy atom. The largest absolute Gasteiger partial charge is 0.449 e. The molecule has 0 spiro atoms. The lowest BCUT2D eigenvalue weighted by Gasteiger charge is -2.14. The summed E-state index contributed by atoms with van der Waals surface area (Å²) in [5, 5.41) is 3.28. The fourth-order valence-electron chi connectivity index (χ4n) is 2.61. The van der Waals surface area contributed by atoms with Crippen LogP contribution in [-0.2, 0) is 16.1 Å². The molecule has 1 aromatic heterocycles. The van der Waals surface area contributed by atoms with Crippen molar-refractivity contribution in [2.24, 2.45) is 0 Å². The molecule has 0 aliphatic carbocycles. The second kappa shape index (κ2) is 8.35. The van der Waals surface area contributed by atoms with E-state index in [4.69, 9.17) is 16.3 Å².